The van der Waals surface area contributed by atoms with Gasteiger partial charge in [0, 0.05) is 23.7 Å². The number of anilines is 1. The van der Waals surface area contributed by atoms with E-state index in [4.69, 9.17) is 10.5 Å². The summed E-state index contributed by atoms with van der Waals surface area (Å²) in [6, 6.07) is 7.86. The van der Waals surface area contributed by atoms with E-state index in [-0.39, 0.29) is 24.0 Å². The first kappa shape index (κ1) is 18.9. The summed E-state index contributed by atoms with van der Waals surface area (Å²) in [7, 11) is 1.67. The second-order valence-corrected chi connectivity index (χ2v) is 5.45. The van der Waals surface area contributed by atoms with Gasteiger partial charge in [0.15, 0.2) is 5.96 Å². The van der Waals surface area contributed by atoms with Crippen LogP contribution in [0.15, 0.2) is 34.6 Å². The molecule has 3 N–H and O–H groups in total. The van der Waals surface area contributed by atoms with E-state index in [9.17, 15) is 0 Å². The molecule has 0 bridgehead atoms. The van der Waals surface area contributed by atoms with E-state index in [1.165, 1.54) is 0 Å². The zero-order valence-corrected chi connectivity index (χ0v) is 15.9. The molecule has 0 spiro atoms. The van der Waals surface area contributed by atoms with E-state index >= 15 is 0 Å². The number of aromatic nitrogens is 1. The van der Waals surface area contributed by atoms with Crippen molar-refractivity contribution >= 4 is 47.0 Å². The van der Waals surface area contributed by atoms with Crippen molar-refractivity contribution in [2.24, 2.45) is 10.7 Å². The number of ether oxygens (including phenoxy) is 1. The molecule has 0 saturated carbocycles. The molecule has 0 amide bonds. The van der Waals surface area contributed by atoms with Gasteiger partial charge in [0.2, 0.25) is 0 Å². The van der Waals surface area contributed by atoms with Crippen LogP contribution in [0.3, 0.4) is 0 Å². The normalized spacial score (nSPS) is 11.1. The predicted molar refractivity (Wildman–Crippen MR) is 103 cm³/mol. The van der Waals surface area contributed by atoms with Crippen molar-refractivity contribution in [1.29, 1.82) is 0 Å². The SMILES string of the molecule is CCc1nc(CN=C(N)Nc2ccccc2COC)cs1.I. The maximum absolute atomic E-state index is 5.93. The van der Waals surface area contributed by atoms with Crippen molar-refractivity contribution in [3.05, 3.63) is 45.9 Å². The predicted octanol–water partition coefficient (Wildman–Crippen LogP) is 3.40. The van der Waals surface area contributed by atoms with Crippen LogP contribution in [0.5, 0.6) is 0 Å². The Bertz CT molecular complexity index is 615. The van der Waals surface area contributed by atoms with Crippen LogP contribution >= 0.6 is 35.3 Å². The van der Waals surface area contributed by atoms with Crippen LogP contribution < -0.4 is 11.1 Å². The highest BCUT2D eigenvalue weighted by molar-refractivity contribution is 14.0. The minimum absolute atomic E-state index is 0. The number of hydrogen-bond acceptors (Lipinski definition) is 4. The number of methoxy groups -OCH3 is 1. The molecule has 0 saturated heterocycles. The molecule has 1 aromatic carbocycles. The van der Waals surface area contributed by atoms with Gasteiger partial charge in [-0.05, 0) is 12.5 Å². The molecular formula is C15H21IN4OS. The van der Waals surface area contributed by atoms with Crippen LogP contribution in [-0.2, 0) is 24.3 Å². The van der Waals surface area contributed by atoms with E-state index in [1.807, 2.05) is 29.6 Å². The fraction of sp³-hybridized carbons (Fsp3) is 0.333. The Morgan fingerprint density at radius 3 is 2.86 bits per heavy atom. The molecule has 120 valence electrons. The van der Waals surface area contributed by atoms with Gasteiger partial charge >= 0.3 is 0 Å². The lowest BCUT2D eigenvalue weighted by Crippen LogP contribution is -2.23. The van der Waals surface area contributed by atoms with Gasteiger partial charge < -0.3 is 15.8 Å². The van der Waals surface area contributed by atoms with Gasteiger partial charge in [-0.15, -0.1) is 35.3 Å². The molecule has 0 aliphatic heterocycles. The minimum Gasteiger partial charge on any atom is -0.380 e. The maximum atomic E-state index is 5.93. The van der Waals surface area contributed by atoms with Gasteiger partial charge in [0.25, 0.3) is 0 Å². The lowest BCUT2D eigenvalue weighted by Gasteiger charge is -2.10. The Balaban J connectivity index is 0.00000242. The summed E-state index contributed by atoms with van der Waals surface area (Å²) in [5.74, 6) is 0.379. The number of aryl methyl sites for hydroxylation is 1. The quantitative estimate of drug-likeness (QED) is 0.417. The van der Waals surface area contributed by atoms with E-state index in [0.717, 1.165) is 28.4 Å². The van der Waals surface area contributed by atoms with E-state index < -0.39 is 0 Å². The Morgan fingerprint density at radius 2 is 2.18 bits per heavy atom. The Labute approximate surface area is 152 Å². The summed E-state index contributed by atoms with van der Waals surface area (Å²) in [5.41, 5.74) is 8.83. The molecule has 1 heterocycles. The third-order valence-corrected chi connectivity index (χ3v) is 3.94. The van der Waals surface area contributed by atoms with Crippen molar-refractivity contribution in [2.75, 3.05) is 12.4 Å². The van der Waals surface area contributed by atoms with E-state index in [0.29, 0.717) is 19.1 Å². The molecule has 2 aromatic rings. The second kappa shape index (κ2) is 9.75. The number of aliphatic imine (C=N–C) groups is 1. The average Bonchev–Trinajstić information content (AvgIpc) is 2.95. The van der Waals surface area contributed by atoms with Crippen molar-refractivity contribution in [1.82, 2.24) is 4.98 Å². The number of nitrogens with zero attached hydrogens (tertiary/aromatic N) is 2. The highest BCUT2D eigenvalue weighted by Crippen LogP contribution is 2.15. The molecule has 0 aliphatic rings. The summed E-state index contributed by atoms with van der Waals surface area (Å²) in [6.07, 6.45) is 0.951. The van der Waals surface area contributed by atoms with Crippen LogP contribution in [0.2, 0.25) is 0 Å². The number of thiazole rings is 1. The second-order valence-electron chi connectivity index (χ2n) is 4.50. The van der Waals surface area contributed by atoms with Crippen LogP contribution in [-0.4, -0.2) is 18.1 Å². The third kappa shape index (κ3) is 5.54. The summed E-state index contributed by atoms with van der Waals surface area (Å²) in [6.45, 7) is 3.11. The topological polar surface area (TPSA) is 72.5 Å². The van der Waals surface area contributed by atoms with E-state index in [2.05, 4.69) is 22.2 Å². The highest BCUT2D eigenvalue weighted by atomic mass is 127. The first-order chi connectivity index (χ1) is 10.2. The van der Waals surface area contributed by atoms with Gasteiger partial charge in [0.05, 0.1) is 23.9 Å². The Hall–Kier alpha value is -1.19. The number of halogens is 1. The standard InChI is InChI=1S/C15H20N4OS.HI/c1-3-14-18-12(10-21-14)8-17-15(16)19-13-7-5-4-6-11(13)9-20-2;/h4-7,10H,3,8-9H2,1-2H3,(H3,16,17,19);1H. The van der Waals surface area contributed by atoms with Crippen molar-refractivity contribution < 1.29 is 4.74 Å². The molecule has 5 nitrogen and oxygen atoms in total. The summed E-state index contributed by atoms with van der Waals surface area (Å²) < 4.78 is 5.17. The van der Waals surface area contributed by atoms with Gasteiger partial charge in [-0.1, -0.05) is 25.1 Å². The number of benzene rings is 1. The fourth-order valence-electron chi connectivity index (χ4n) is 1.85. The van der Waals surface area contributed by atoms with Crippen LogP contribution in [0.1, 0.15) is 23.2 Å². The fourth-order valence-corrected chi connectivity index (χ4v) is 2.59. The molecule has 0 aliphatic carbocycles. The molecule has 1 aromatic heterocycles. The Kier molecular flexibility index (Phi) is 8.36. The molecular weight excluding hydrogens is 411 g/mol. The van der Waals surface area contributed by atoms with E-state index in [1.54, 1.807) is 18.4 Å². The Morgan fingerprint density at radius 1 is 1.41 bits per heavy atom. The van der Waals surface area contributed by atoms with Gasteiger partial charge in [-0.25, -0.2) is 9.98 Å². The van der Waals surface area contributed by atoms with Crippen molar-refractivity contribution in [3.63, 3.8) is 0 Å². The third-order valence-electron chi connectivity index (χ3n) is 2.89. The van der Waals surface area contributed by atoms with Crippen molar-refractivity contribution in [3.8, 4) is 0 Å². The maximum Gasteiger partial charge on any atom is 0.193 e. The molecule has 7 heteroatoms. The zero-order chi connectivity index (χ0) is 15.1. The molecule has 0 fully saturated rings. The number of rotatable bonds is 6. The monoisotopic (exact) mass is 432 g/mol. The highest BCUT2D eigenvalue weighted by Gasteiger charge is 2.03. The number of nitrogens with two attached hydrogens (primary N) is 1. The van der Waals surface area contributed by atoms with Crippen LogP contribution in [0.25, 0.3) is 0 Å². The van der Waals surface area contributed by atoms with Gasteiger partial charge in [-0.2, -0.15) is 0 Å². The van der Waals surface area contributed by atoms with Crippen LogP contribution in [0.4, 0.5) is 5.69 Å². The summed E-state index contributed by atoms with van der Waals surface area (Å²) >= 11 is 1.66. The van der Waals surface area contributed by atoms with Gasteiger partial charge in [-0.3, -0.25) is 0 Å². The first-order valence-corrected chi connectivity index (χ1v) is 7.68. The zero-order valence-electron chi connectivity index (χ0n) is 12.7. The molecule has 0 unspecified atom stereocenters. The molecule has 22 heavy (non-hydrogen) atoms. The summed E-state index contributed by atoms with van der Waals surface area (Å²) in [4.78, 5) is 8.79. The smallest absolute Gasteiger partial charge is 0.193 e. The number of guanidine groups is 1. The molecule has 0 atom stereocenters. The van der Waals surface area contributed by atoms with Gasteiger partial charge in [0.1, 0.15) is 0 Å². The van der Waals surface area contributed by atoms with Crippen LogP contribution in [0, 0.1) is 0 Å². The lowest BCUT2D eigenvalue weighted by molar-refractivity contribution is 0.185. The molecule has 0 radical (unpaired) electrons. The first-order valence-electron chi connectivity index (χ1n) is 6.80. The van der Waals surface area contributed by atoms with Crippen molar-refractivity contribution in [2.45, 2.75) is 26.5 Å². The lowest BCUT2D eigenvalue weighted by atomic mass is 10.2. The summed E-state index contributed by atoms with van der Waals surface area (Å²) in [5, 5.41) is 6.25. The minimum atomic E-state index is 0. The number of nitrogens with one attached hydrogen (secondary N) is 1. The number of para-hydroxylation sites is 1. The number of hydrogen-bond donors (Lipinski definition) is 2. The average molecular weight is 432 g/mol. The largest absolute Gasteiger partial charge is 0.380 e. The molecule has 2 rings (SSSR count).